The minimum absolute atomic E-state index is 0.0276. The van der Waals surface area contributed by atoms with Gasteiger partial charge in [0.2, 0.25) is 0 Å². The van der Waals surface area contributed by atoms with Crippen molar-refractivity contribution in [1.82, 2.24) is 0 Å². The first-order valence-electron chi connectivity index (χ1n) is 6.70. The number of rotatable bonds is 8. The molecule has 0 saturated heterocycles. The lowest BCUT2D eigenvalue weighted by Crippen LogP contribution is -2.06. The molecule has 0 spiro atoms. The van der Waals surface area contributed by atoms with Gasteiger partial charge in [0.25, 0.3) is 0 Å². The lowest BCUT2D eigenvalue weighted by Gasteiger charge is -2.07. The summed E-state index contributed by atoms with van der Waals surface area (Å²) in [5, 5.41) is 9.54. The Bertz CT molecular complexity index is 320. The van der Waals surface area contributed by atoms with E-state index < -0.39 is 6.10 Å². The minimum Gasteiger partial charge on any atom is -0.466 e. The SMILES string of the molecule is CCOC(=O)CCCCCCC1=CC(=O)C[C@@H]1O. The van der Waals surface area contributed by atoms with Crippen molar-refractivity contribution in [2.45, 2.75) is 58.0 Å². The number of hydrogen-bond donors (Lipinski definition) is 1. The second-order valence-electron chi connectivity index (χ2n) is 4.62. The van der Waals surface area contributed by atoms with E-state index in [0.717, 1.165) is 37.7 Å². The molecule has 0 bridgehead atoms. The van der Waals surface area contributed by atoms with Gasteiger partial charge in [0, 0.05) is 12.8 Å². The van der Waals surface area contributed by atoms with Crippen LogP contribution in [0.1, 0.15) is 51.9 Å². The molecule has 0 aromatic rings. The first-order chi connectivity index (χ1) is 8.63. The lowest BCUT2D eigenvalue weighted by molar-refractivity contribution is -0.143. The highest BCUT2D eigenvalue weighted by Crippen LogP contribution is 2.22. The fourth-order valence-corrected chi connectivity index (χ4v) is 2.11. The van der Waals surface area contributed by atoms with Crippen LogP contribution >= 0.6 is 0 Å². The van der Waals surface area contributed by atoms with E-state index in [0.29, 0.717) is 13.0 Å². The van der Waals surface area contributed by atoms with Crippen molar-refractivity contribution in [3.05, 3.63) is 11.6 Å². The van der Waals surface area contributed by atoms with Crippen LogP contribution < -0.4 is 0 Å². The quantitative estimate of drug-likeness (QED) is 0.532. The van der Waals surface area contributed by atoms with E-state index >= 15 is 0 Å². The molecule has 1 N–H and O–H groups in total. The molecule has 1 aliphatic carbocycles. The molecule has 0 aromatic heterocycles. The number of esters is 1. The number of aliphatic hydroxyl groups excluding tert-OH is 1. The van der Waals surface area contributed by atoms with E-state index in [2.05, 4.69) is 0 Å². The van der Waals surface area contributed by atoms with E-state index in [-0.39, 0.29) is 18.2 Å². The maximum absolute atomic E-state index is 11.1. The van der Waals surface area contributed by atoms with Gasteiger partial charge in [-0.05, 0) is 37.8 Å². The number of carbonyl (C=O) groups is 2. The Morgan fingerprint density at radius 3 is 2.72 bits per heavy atom. The van der Waals surface area contributed by atoms with E-state index in [1.54, 1.807) is 13.0 Å². The highest BCUT2D eigenvalue weighted by Gasteiger charge is 2.21. The smallest absolute Gasteiger partial charge is 0.305 e. The van der Waals surface area contributed by atoms with Gasteiger partial charge in [-0.1, -0.05) is 12.8 Å². The molecule has 0 heterocycles. The van der Waals surface area contributed by atoms with E-state index in [4.69, 9.17) is 4.74 Å². The summed E-state index contributed by atoms with van der Waals surface area (Å²) in [5.74, 6) is -0.100. The Morgan fingerprint density at radius 2 is 2.11 bits per heavy atom. The van der Waals surface area contributed by atoms with Crippen LogP contribution in [-0.2, 0) is 14.3 Å². The summed E-state index contributed by atoms with van der Waals surface area (Å²) in [6.45, 7) is 2.25. The van der Waals surface area contributed by atoms with Gasteiger partial charge in [-0.25, -0.2) is 0 Å². The molecule has 1 aliphatic rings. The van der Waals surface area contributed by atoms with Crippen molar-refractivity contribution in [2.24, 2.45) is 0 Å². The Kier molecular flexibility index (Phi) is 6.65. The Morgan fingerprint density at radius 1 is 1.39 bits per heavy atom. The van der Waals surface area contributed by atoms with Gasteiger partial charge in [0.15, 0.2) is 5.78 Å². The van der Waals surface area contributed by atoms with Crippen molar-refractivity contribution >= 4 is 11.8 Å². The normalized spacial score (nSPS) is 18.9. The van der Waals surface area contributed by atoms with Crippen molar-refractivity contribution in [2.75, 3.05) is 6.61 Å². The van der Waals surface area contributed by atoms with Gasteiger partial charge in [-0.15, -0.1) is 0 Å². The topological polar surface area (TPSA) is 63.6 Å². The van der Waals surface area contributed by atoms with Crippen LogP contribution in [0.3, 0.4) is 0 Å². The van der Waals surface area contributed by atoms with E-state index in [1.165, 1.54) is 0 Å². The van der Waals surface area contributed by atoms with Gasteiger partial charge in [0.05, 0.1) is 12.7 Å². The summed E-state index contributed by atoms with van der Waals surface area (Å²) >= 11 is 0. The van der Waals surface area contributed by atoms with Crippen LogP contribution in [0, 0.1) is 0 Å². The second kappa shape index (κ2) is 8.03. The molecule has 0 unspecified atom stereocenters. The summed E-state index contributed by atoms with van der Waals surface area (Å²) in [7, 11) is 0. The second-order valence-corrected chi connectivity index (χ2v) is 4.62. The maximum atomic E-state index is 11.1. The van der Waals surface area contributed by atoms with Crippen LogP contribution in [0.2, 0.25) is 0 Å². The zero-order chi connectivity index (χ0) is 13.4. The fraction of sp³-hybridized carbons (Fsp3) is 0.714. The number of ether oxygens (including phenoxy) is 1. The van der Waals surface area contributed by atoms with Gasteiger partial charge in [-0.2, -0.15) is 0 Å². The molecule has 0 aliphatic heterocycles. The third-order valence-corrected chi connectivity index (χ3v) is 3.07. The third-order valence-electron chi connectivity index (χ3n) is 3.07. The van der Waals surface area contributed by atoms with Crippen LogP contribution in [0.25, 0.3) is 0 Å². The first-order valence-corrected chi connectivity index (χ1v) is 6.70. The molecule has 18 heavy (non-hydrogen) atoms. The molecule has 4 heteroatoms. The average Bonchev–Trinajstić information content (AvgIpc) is 2.62. The van der Waals surface area contributed by atoms with E-state index in [1.807, 2.05) is 0 Å². The predicted octanol–water partition coefficient (Wildman–Crippen LogP) is 2.15. The van der Waals surface area contributed by atoms with Crippen LogP contribution in [0.5, 0.6) is 0 Å². The molecule has 0 fully saturated rings. The molecule has 1 rings (SSSR count). The summed E-state index contributed by atoms with van der Waals surface area (Å²) in [4.78, 5) is 22.1. The number of aliphatic hydroxyl groups is 1. The Labute approximate surface area is 108 Å². The summed E-state index contributed by atoms with van der Waals surface area (Å²) < 4.78 is 4.84. The monoisotopic (exact) mass is 254 g/mol. The number of hydrogen-bond acceptors (Lipinski definition) is 4. The van der Waals surface area contributed by atoms with Crippen LogP contribution in [0.15, 0.2) is 11.6 Å². The number of unbranched alkanes of at least 4 members (excludes halogenated alkanes) is 3. The molecule has 102 valence electrons. The molecular formula is C14H22O4. The van der Waals surface area contributed by atoms with Gasteiger partial charge < -0.3 is 9.84 Å². The molecule has 0 amide bonds. The highest BCUT2D eigenvalue weighted by molar-refractivity contribution is 5.93. The molecule has 0 radical (unpaired) electrons. The van der Waals surface area contributed by atoms with E-state index in [9.17, 15) is 14.7 Å². The lowest BCUT2D eigenvalue weighted by atomic mass is 10.0. The third kappa shape index (κ3) is 5.45. The number of carbonyl (C=O) groups excluding carboxylic acids is 2. The zero-order valence-electron chi connectivity index (χ0n) is 11.0. The number of allylic oxidation sites excluding steroid dienone is 1. The first kappa shape index (κ1) is 14.9. The molecule has 4 nitrogen and oxygen atoms in total. The minimum atomic E-state index is -0.558. The molecule has 1 atom stereocenters. The number of ketones is 1. The largest absolute Gasteiger partial charge is 0.466 e. The molecule has 0 saturated carbocycles. The Hall–Kier alpha value is -1.16. The van der Waals surface area contributed by atoms with Crippen molar-refractivity contribution in [3.63, 3.8) is 0 Å². The van der Waals surface area contributed by atoms with Crippen LogP contribution in [0.4, 0.5) is 0 Å². The maximum Gasteiger partial charge on any atom is 0.305 e. The van der Waals surface area contributed by atoms with Gasteiger partial charge in [0.1, 0.15) is 0 Å². The fourth-order valence-electron chi connectivity index (χ4n) is 2.11. The Balaban J connectivity index is 2.01. The zero-order valence-corrected chi connectivity index (χ0v) is 11.0. The van der Waals surface area contributed by atoms with Gasteiger partial charge >= 0.3 is 5.97 Å². The van der Waals surface area contributed by atoms with Crippen molar-refractivity contribution in [1.29, 1.82) is 0 Å². The standard InChI is InChI=1S/C14H22O4/c1-2-18-14(17)8-6-4-3-5-7-11-9-12(15)10-13(11)16/h9,13,16H,2-8,10H2,1H3/t13-/m0/s1. The van der Waals surface area contributed by atoms with Crippen LogP contribution in [-0.4, -0.2) is 29.6 Å². The predicted molar refractivity (Wildman–Crippen MR) is 68.0 cm³/mol. The highest BCUT2D eigenvalue weighted by atomic mass is 16.5. The summed E-state index contributed by atoms with van der Waals surface area (Å²) in [6.07, 6.45) is 6.33. The van der Waals surface area contributed by atoms with Crippen molar-refractivity contribution in [3.8, 4) is 0 Å². The molecule has 0 aromatic carbocycles. The average molecular weight is 254 g/mol. The van der Waals surface area contributed by atoms with Gasteiger partial charge in [-0.3, -0.25) is 9.59 Å². The summed E-state index contributed by atoms with van der Waals surface area (Å²) in [5.41, 5.74) is 0.866. The summed E-state index contributed by atoms with van der Waals surface area (Å²) in [6, 6.07) is 0. The van der Waals surface area contributed by atoms with Crippen molar-refractivity contribution < 1.29 is 19.4 Å². The molecular weight excluding hydrogens is 232 g/mol.